The van der Waals surface area contributed by atoms with E-state index in [2.05, 4.69) is 21.2 Å². The maximum absolute atomic E-state index is 13.1. The van der Waals surface area contributed by atoms with Gasteiger partial charge < -0.3 is 5.32 Å². The number of carbonyl (C=O) groups excluding carboxylic acids is 1. The largest absolute Gasteiger partial charge is 0.322 e. The maximum atomic E-state index is 13.1. The third kappa shape index (κ3) is 3.62. The van der Waals surface area contributed by atoms with E-state index in [-0.39, 0.29) is 5.91 Å². The number of aromatic nitrogens is 1. The van der Waals surface area contributed by atoms with Gasteiger partial charge in [-0.15, -0.1) is 0 Å². The Labute approximate surface area is 166 Å². The second kappa shape index (κ2) is 7.33. The molecule has 0 unspecified atom stereocenters. The molecule has 0 saturated carbocycles. The molecule has 3 nitrogen and oxygen atoms in total. The van der Waals surface area contributed by atoms with Crippen molar-refractivity contribution in [3.05, 3.63) is 94.5 Å². The molecule has 1 heterocycles. The monoisotopic (exact) mass is 416 g/mol. The molecule has 0 spiro atoms. The van der Waals surface area contributed by atoms with Gasteiger partial charge in [0.1, 0.15) is 0 Å². The van der Waals surface area contributed by atoms with Crippen molar-refractivity contribution in [1.29, 1.82) is 0 Å². The topological polar surface area (TPSA) is 42.0 Å². The van der Waals surface area contributed by atoms with Crippen molar-refractivity contribution in [3.63, 3.8) is 0 Å². The quantitative estimate of drug-likeness (QED) is 0.430. The second-order valence-corrected chi connectivity index (χ2v) is 7.21. The van der Waals surface area contributed by atoms with Gasteiger partial charge >= 0.3 is 0 Å². The fourth-order valence-electron chi connectivity index (χ4n) is 3.04. The summed E-state index contributed by atoms with van der Waals surface area (Å²) < 4.78 is 1.02. The number of rotatable bonds is 3. The molecule has 0 aliphatic rings. The summed E-state index contributed by atoms with van der Waals surface area (Å²) in [5, 5.41) is 3.85. The van der Waals surface area contributed by atoms with Crippen molar-refractivity contribution < 1.29 is 4.79 Å². The van der Waals surface area contributed by atoms with Gasteiger partial charge in [0.2, 0.25) is 0 Å². The first kappa shape index (κ1) is 17.4. The number of hydrogen-bond donors (Lipinski definition) is 1. The lowest BCUT2D eigenvalue weighted by atomic mass is 10.0. The van der Waals surface area contributed by atoms with Crippen LogP contribution in [0.3, 0.4) is 0 Å². The van der Waals surface area contributed by atoms with Crippen LogP contribution >= 0.6 is 15.9 Å². The Balaban J connectivity index is 1.79. The second-order valence-electron chi connectivity index (χ2n) is 6.36. The van der Waals surface area contributed by atoms with E-state index in [1.807, 2.05) is 85.8 Å². The summed E-state index contributed by atoms with van der Waals surface area (Å²) in [7, 11) is 0. The average Bonchev–Trinajstić information content (AvgIpc) is 2.70. The highest BCUT2D eigenvalue weighted by atomic mass is 79.9. The van der Waals surface area contributed by atoms with E-state index in [1.165, 1.54) is 0 Å². The summed E-state index contributed by atoms with van der Waals surface area (Å²) in [5.41, 5.74) is 5.01. The van der Waals surface area contributed by atoms with E-state index in [9.17, 15) is 4.79 Å². The molecule has 1 aromatic heterocycles. The first-order valence-corrected chi connectivity index (χ1v) is 9.44. The summed E-state index contributed by atoms with van der Waals surface area (Å²) in [5.74, 6) is -0.146. The normalized spacial score (nSPS) is 10.7. The maximum Gasteiger partial charge on any atom is 0.256 e. The molecule has 132 valence electrons. The van der Waals surface area contributed by atoms with Crippen LogP contribution in [-0.4, -0.2) is 10.9 Å². The van der Waals surface area contributed by atoms with Crippen molar-refractivity contribution >= 4 is 38.4 Å². The van der Waals surface area contributed by atoms with E-state index in [0.717, 1.165) is 37.9 Å². The SMILES string of the molecule is Cc1cc(NC(=O)c2cc(-c3ccccc3)nc3ccccc23)ccc1Br. The zero-order chi connectivity index (χ0) is 18.8. The third-order valence-electron chi connectivity index (χ3n) is 4.45. The van der Waals surface area contributed by atoms with Crippen LogP contribution in [0.5, 0.6) is 0 Å². The predicted molar refractivity (Wildman–Crippen MR) is 114 cm³/mol. The fourth-order valence-corrected chi connectivity index (χ4v) is 3.29. The van der Waals surface area contributed by atoms with Crippen molar-refractivity contribution in [2.45, 2.75) is 6.92 Å². The molecule has 0 aliphatic carbocycles. The summed E-state index contributed by atoms with van der Waals surface area (Å²) in [6, 6.07) is 25.2. The number of nitrogens with zero attached hydrogens (tertiary/aromatic N) is 1. The van der Waals surface area contributed by atoms with Crippen LogP contribution in [0.15, 0.2) is 83.3 Å². The van der Waals surface area contributed by atoms with Crippen molar-refractivity contribution in [3.8, 4) is 11.3 Å². The Bertz CT molecular complexity index is 1140. The lowest BCUT2D eigenvalue weighted by Gasteiger charge is -2.11. The first-order chi connectivity index (χ1) is 13.1. The Kier molecular flexibility index (Phi) is 4.73. The molecule has 0 bridgehead atoms. The molecule has 4 aromatic rings. The molecule has 27 heavy (non-hydrogen) atoms. The first-order valence-electron chi connectivity index (χ1n) is 8.64. The van der Waals surface area contributed by atoms with E-state index in [1.54, 1.807) is 0 Å². The number of aryl methyl sites for hydroxylation is 1. The van der Waals surface area contributed by atoms with Gasteiger partial charge in [-0.3, -0.25) is 4.79 Å². The average molecular weight is 417 g/mol. The summed E-state index contributed by atoms with van der Waals surface area (Å²) in [4.78, 5) is 17.8. The van der Waals surface area contributed by atoms with E-state index >= 15 is 0 Å². The number of benzene rings is 3. The van der Waals surface area contributed by atoms with Crippen LogP contribution in [0.25, 0.3) is 22.2 Å². The van der Waals surface area contributed by atoms with Crippen molar-refractivity contribution in [1.82, 2.24) is 4.98 Å². The summed E-state index contributed by atoms with van der Waals surface area (Å²) >= 11 is 3.49. The number of nitrogens with one attached hydrogen (secondary N) is 1. The van der Waals surface area contributed by atoms with Gasteiger partial charge in [0.05, 0.1) is 16.8 Å². The molecule has 1 N–H and O–H groups in total. The van der Waals surface area contributed by atoms with Gasteiger partial charge in [0.25, 0.3) is 5.91 Å². The Morgan fingerprint density at radius 3 is 2.44 bits per heavy atom. The summed E-state index contributed by atoms with van der Waals surface area (Å²) in [6.45, 7) is 2.00. The predicted octanol–water partition coefficient (Wildman–Crippen LogP) is 6.23. The molecule has 0 atom stereocenters. The van der Waals surface area contributed by atoms with Crippen LogP contribution in [-0.2, 0) is 0 Å². The highest BCUT2D eigenvalue weighted by molar-refractivity contribution is 9.10. The van der Waals surface area contributed by atoms with E-state index in [4.69, 9.17) is 4.98 Å². The standard InChI is InChI=1S/C23H17BrN2O/c1-15-13-17(11-12-20(15)24)25-23(27)19-14-22(16-7-3-2-4-8-16)26-21-10-6-5-9-18(19)21/h2-14H,1H3,(H,25,27). The molecule has 1 amide bonds. The van der Waals surface area contributed by atoms with Crippen molar-refractivity contribution in [2.24, 2.45) is 0 Å². The highest BCUT2D eigenvalue weighted by Crippen LogP contribution is 2.26. The van der Waals surface area contributed by atoms with E-state index in [0.29, 0.717) is 5.56 Å². The number of amides is 1. The van der Waals surface area contributed by atoms with Crippen LogP contribution in [0, 0.1) is 6.92 Å². The van der Waals surface area contributed by atoms with E-state index < -0.39 is 0 Å². The van der Waals surface area contributed by atoms with Crippen molar-refractivity contribution in [2.75, 3.05) is 5.32 Å². The molecule has 0 saturated heterocycles. The molecule has 4 rings (SSSR count). The number of carbonyl (C=O) groups is 1. The minimum Gasteiger partial charge on any atom is -0.322 e. The van der Waals surface area contributed by atoms with Gasteiger partial charge in [-0.2, -0.15) is 0 Å². The zero-order valence-electron chi connectivity index (χ0n) is 14.7. The minimum absolute atomic E-state index is 0.146. The molecule has 3 aromatic carbocycles. The van der Waals surface area contributed by atoms with Gasteiger partial charge in [0.15, 0.2) is 0 Å². The lowest BCUT2D eigenvalue weighted by Crippen LogP contribution is -2.13. The van der Waals surface area contributed by atoms with Crippen LogP contribution in [0.1, 0.15) is 15.9 Å². The molecule has 0 aliphatic heterocycles. The number of para-hydroxylation sites is 1. The molecular weight excluding hydrogens is 400 g/mol. The highest BCUT2D eigenvalue weighted by Gasteiger charge is 2.14. The number of halogens is 1. The van der Waals surface area contributed by atoms with Gasteiger partial charge in [-0.25, -0.2) is 4.98 Å². The Hall–Kier alpha value is -2.98. The lowest BCUT2D eigenvalue weighted by molar-refractivity contribution is 0.102. The summed E-state index contributed by atoms with van der Waals surface area (Å²) in [6.07, 6.45) is 0. The van der Waals surface area contributed by atoms with Crippen LogP contribution in [0.4, 0.5) is 5.69 Å². The number of hydrogen-bond acceptors (Lipinski definition) is 2. The van der Waals surface area contributed by atoms with Gasteiger partial charge in [0, 0.05) is 21.1 Å². The molecule has 0 radical (unpaired) electrons. The molecule has 4 heteroatoms. The van der Waals surface area contributed by atoms with Gasteiger partial charge in [-0.1, -0.05) is 64.5 Å². The number of anilines is 1. The third-order valence-corrected chi connectivity index (χ3v) is 5.34. The van der Waals surface area contributed by atoms with Crippen LogP contribution < -0.4 is 5.32 Å². The smallest absolute Gasteiger partial charge is 0.256 e. The number of pyridine rings is 1. The Morgan fingerprint density at radius 1 is 0.926 bits per heavy atom. The number of fused-ring (bicyclic) bond motifs is 1. The minimum atomic E-state index is -0.146. The van der Waals surface area contributed by atoms with Gasteiger partial charge in [-0.05, 0) is 42.8 Å². The molecule has 0 fully saturated rings. The fraction of sp³-hybridized carbons (Fsp3) is 0.0435. The van der Waals surface area contributed by atoms with Crippen LogP contribution in [0.2, 0.25) is 0 Å². The zero-order valence-corrected chi connectivity index (χ0v) is 16.3. The molecular formula is C23H17BrN2O. The Morgan fingerprint density at radius 2 is 1.67 bits per heavy atom.